The Morgan fingerprint density at radius 3 is 2.69 bits per heavy atom. The third-order valence-electron chi connectivity index (χ3n) is 3.87. The summed E-state index contributed by atoms with van der Waals surface area (Å²) in [7, 11) is 0. The number of benzene rings is 2. The number of amides is 1. The average molecular weight is 371 g/mol. The minimum Gasteiger partial charge on any atom is -0.348 e. The van der Waals surface area contributed by atoms with Crippen molar-refractivity contribution in [2.24, 2.45) is 0 Å². The van der Waals surface area contributed by atoms with Crippen molar-refractivity contribution in [3.8, 4) is 0 Å². The van der Waals surface area contributed by atoms with Crippen LogP contribution in [0.5, 0.6) is 0 Å². The van der Waals surface area contributed by atoms with E-state index >= 15 is 0 Å². The van der Waals surface area contributed by atoms with Crippen LogP contribution in [0.1, 0.15) is 21.5 Å². The Morgan fingerprint density at radius 2 is 2.00 bits per heavy atom. The van der Waals surface area contributed by atoms with Crippen molar-refractivity contribution in [3.05, 3.63) is 93.0 Å². The monoisotopic (exact) mass is 370 g/mol. The van der Waals surface area contributed by atoms with Gasteiger partial charge < -0.3 is 9.88 Å². The summed E-state index contributed by atoms with van der Waals surface area (Å²) in [6.07, 6.45) is 5.27. The second-order valence-electron chi connectivity index (χ2n) is 5.60. The summed E-state index contributed by atoms with van der Waals surface area (Å²) < 4.78 is 1.92. The second kappa shape index (κ2) is 7.79. The first-order chi connectivity index (χ1) is 12.5. The zero-order valence-electron chi connectivity index (χ0n) is 13.6. The molecule has 3 rings (SSSR count). The minimum atomic E-state index is -0.617. The van der Waals surface area contributed by atoms with Gasteiger partial charge in [0.25, 0.3) is 11.6 Å². The van der Waals surface area contributed by atoms with Gasteiger partial charge in [-0.15, -0.1) is 0 Å². The van der Waals surface area contributed by atoms with E-state index in [4.69, 9.17) is 11.6 Å². The van der Waals surface area contributed by atoms with Gasteiger partial charge in [0, 0.05) is 36.6 Å². The Hall–Kier alpha value is -3.19. The van der Waals surface area contributed by atoms with Gasteiger partial charge in [-0.05, 0) is 23.3 Å². The maximum atomic E-state index is 12.4. The van der Waals surface area contributed by atoms with Gasteiger partial charge in [-0.2, -0.15) is 0 Å². The Morgan fingerprint density at radius 1 is 1.23 bits per heavy atom. The lowest BCUT2D eigenvalue weighted by molar-refractivity contribution is -0.385. The largest absolute Gasteiger partial charge is 0.348 e. The number of aromatic nitrogens is 2. The summed E-state index contributed by atoms with van der Waals surface area (Å²) in [5.41, 5.74) is 1.61. The average Bonchev–Trinajstić information content (AvgIpc) is 3.13. The molecule has 3 aromatic rings. The third-order valence-corrected chi connectivity index (χ3v) is 4.11. The summed E-state index contributed by atoms with van der Waals surface area (Å²) in [6.45, 7) is 0.872. The molecule has 2 aromatic carbocycles. The molecule has 0 radical (unpaired) electrons. The highest BCUT2D eigenvalue weighted by Crippen LogP contribution is 2.23. The van der Waals surface area contributed by atoms with E-state index in [1.54, 1.807) is 12.5 Å². The maximum absolute atomic E-state index is 12.4. The first-order valence-electron chi connectivity index (χ1n) is 7.79. The van der Waals surface area contributed by atoms with E-state index in [0.717, 1.165) is 11.1 Å². The lowest BCUT2D eigenvalue weighted by Crippen LogP contribution is -2.24. The molecular formula is C18H15ClN4O3. The normalized spacial score (nSPS) is 10.5. The molecule has 0 aliphatic rings. The van der Waals surface area contributed by atoms with E-state index in [1.165, 1.54) is 18.2 Å². The number of hydrogen-bond acceptors (Lipinski definition) is 4. The topological polar surface area (TPSA) is 90.1 Å². The summed E-state index contributed by atoms with van der Waals surface area (Å²) >= 11 is 5.78. The SMILES string of the molecule is O=C(NCc1ccccc1Cn1ccnc1)c1ccc(Cl)cc1[N+](=O)[O-]. The van der Waals surface area contributed by atoms with Crippen molar-refractivity contribution in [3.63, 3.8) is 0 Å². The molecule has 0 saturated heterocycles. The highest BCUT2D eigenvalue weighted by atomic mass is 35.5. The summed E-state index contributed by atoms with van der Waals surface area (Å²) in [5, 5.41) is 14.1. The smallest absolute Gasteiger partial charge is 0.283 e. The number of imidazole rings is 1. The van der Waals surface area contributed by atoms with E-state index in [2.05, 4.69) is 10.3 Å². The van der Waals surface area contributed by atoms with Crippen LogP contribution < -0.4 is 5.32 Å². The molecule has 0 bridgehead atoms. The molecule has 0 saturated carbocycles. The van der Waals surface area contributed by atoms with Gasteiger partial charge in [-0.3, -0.25) is 14.9 Å². The molecule has 1 amide bonds. The first-order valence-corrected chi connectivity index (χ1v) is 8.17. The van der Waals surface area contributed by atoms with Crippen LogP contribution in [0.25, 0.3) is 0 Å². The number of rotatable bonds is 6. The Balaban J connectivity index is 1.76. The molecule has 0 fully saturated rings. The molecular weight excluding hydrogens is 356 g/mol. The van der Waals surface area contributed by atoms with Gasteiger partial charge in [-0.25, -0.2) is 4.98 Å². The van der Waals surface area contributed by atoms with E-state index in [0.29, 0.717) is 6.54 Å². The number of nitrogens with zero attached hydrogens (tertiary/aromatic N) is 3. The van der Waals surface area contributed by atoms with Crippen LogP contribution in [0.15, 0.2) is 61.2 Å². The van der Waals surface area contributed by atoms with Crippen LogP contribution in [0.3, 0.4) is 0 Å². The molecule has 132 valence electrons. The molecule has 26 heavy (non-hydrogen) atoms. The highest BCUT2D eigenvalue weighted by molar-refractivity contribution is 6.31. The Bertz CT molecular complexity index is 941. The van der Waals surface area contributed by atoms with Crippen LogP contribution in [-0.4, -0.2) is 20.4 Å². The fraction of sp³-hybridized carbons (Fsp3) is 0.111. The van der Waals surface area contributed by atoms with Gasteiger partial charge >= 0.3 is 0 Å². The standard InChI is InChI=1S/C18H15ClN4O3/c19-15-5-6-16(17(9-15)23(25)26)18(24)21-10-13-3-1-2-4-14(13)11-22-8-7-20-12-22/h1-9,12H,10-11H2,(H,21,24). The van der Waals surface area contributed by atoms with Gasteiger partial charge in [0.05, 0.1) is 11.3 Å². The number of carbonyl (C=O) groups is 1. The van der Waals surface area contributed by atoms with Gasteiger partial charge in [-0.1, -0.05) is 35.9 Å². The molecule has 0 unspecified atom stereocenters. The fourth-order valence-electron chi connectivity index (χ4n) is 2.58. The lowest BCUT2D eigenvalue weighted by atomic mass is 10.1. The molecule has 0 aliphatic heterocycles. The second-order valence-corrected chi connectivity index (χ2v) is 6.04. The molecule has 0 aliphatic carbocycles. The molecule has 0 atom stereocenters. The van der Waals surface area contributed by atoms with Gasteiger partial charge in [0.15, 0.2) is 0 Å². The quantitative estimate of drug-likeness (QED) is 0.531. The molecule has 7 nitrogen and oxygen atoms in total. The first kappa shape index (κ1) is 17.6. The van der Waals surface area contributed by atoms with Crippen molar-refractivity contribution >= 4 is 23.2 Å². The summed E-state index contributed by atoms with van der Waals surface area (Å²) in [4.78, 5) is 26.9. The zero-order valence-corrected chi connectivity index (χ0v) is 14.4. The summed E-state index contributed by atoms with van der Waals surface area (Å²) in [6, 6.07) is 11.6. The molecule has 1 N–H and O–H groups in total. The predicted molar refractivity (Wildman–Crippen MR) is 97.0 cm³/mol. The van der Waals surface area contributed by atoms with Crippen LogP contribution in [-0.2, 0) is 13.1 Å². The maximum Gasteiger partial charge on any atom is 0.283 e. The van der Waals surface area contributed by atoms with E-state index in [1.807, 2.05) is 35.0 Å². The van der Waals surface area contributed by atoms with Crippen molar-refractivity contribution < 1.29 is 9.72 Å². The number of hydrogen-bond donors (Lipinski definition) is 1. The van der Waals surface area contributed by atoms with E-state index < -0.39 is 10.8 Å². The van der Waals surface area contributed by atoms with E-state index in [9.17, 15) is 14.9 Å². The van der Waals surface area contributed by atoms with Crippen molar-refractivity contribution in [2.45, 2.75) is 13.1 Å². The summed E-state index contributed by atoms with van der Waals surface area (Å²) in [5.74, 6) is -0.522. The molecule has 8 heteroatoms. The van der Waals surface area contributed by atoms with Crippen LogP contribution in [0.2, 0.25) is 5.02 Å². The Labute approximate surface area is 154 Å². The number of nitro benzene ring substituents is 1. The van der Waals surface area contributed by atoms with Crippen LogP contribution in [0.4, 0.5) is 5.69 Å². The highest BCUT2D eigenvalue weighted by Gasteiger charge is 2.20. The van der Waals surface area contributed by atoms with Gasteiger partial charge in [0.1, 0.15) is 5.56 Å². The number of nitro groups is 1. The minimum absolute atomic E-state index is 0.0218. The zero-order chi connectivity index (χ0) is 18.5. The lowest BCUT2D eigenvalue weighted by Gasteiger charge is -2.11. The van der Waals surface area contributed by atoms with Crippen molar-refractivity contribution in [1.29, 1.82) is 0 Å². The predicted octanol–water partition coefficient (Wildman–Crippen LogP) is 3.42. The molecule has 1 heterocycles. The van der Waals surface area contributed by atoms with E-state index in [-0.39, 0.29) is 22.8 Å². The number of halogens is 1. The van der Waals surface area contributed by atoms with Crippen molar-refractivity contribution in [2.75, 3.05) is 0 Å². The van der Waals surface area contributed by atoms with Crippen molar-refractivity contribution in [1.82, 2.24) is 14.9 Å². The number of carbonyl (C=O) groups excluding carboxylic acids is 1. The molecule has 1 aromatic heterocycles. The van der Waals surface area contributed by atoms with Crippen LogP contribution in [0, 0.1) is 10.1 Å². The molecule has 0 spiro atoms. The Kier molecular flexibility index (Phi) is 5.28. The fourth-order valence-corrected chi connectivity index (χ4v) is 2.75. The van der Waals surface area contributed by atoms with Gasteiger partial charge in [0.2, 0.25) is 0 Å². The number of nitrogens with one attached hydrogen (secondary N) is 1. The third kappa shape index (κ3) is 4.07. The van der Waals surface area contributed by atoms with Crippen LogP contribution >= 0.6 is 11.6 Å².